The number of benzene rings is 1. The lowest BCUT2D eigenvalue weighted by atomic mass is 10.2. The van der Waals surface area contributed by atoms with Gasteiger partial charge in [-0.3, -0.25) is 4.79 Å². The number of nitrogens with one attached hydrogen (secondary N) is 1. The molecule has 0 spiro atoms. The molecule has 0 radical (unpaired) electrons. The van der Waals surface area contributed by atoms with E-state index in [1.807, 2.05) is 13.0 Å². The lowest BCUT2D eigenvalue weighted by molar-refractivity contribution is -0.154. The highest BCUT2D eigenvalue weighted by atomic mass is 32.1. The second-order valence-electron chi connectivity index (χ2n) is 6.01. The molecule has 1 heterocycles. The number of aryl methyl sites for hydroxylation is 1. The molecule has 1 amide bonds. The largest absolute Gasteiger partial charge is 0.479 e. The summed E-state index contributed by atoms with van der Waals surface area (Å²) in [5.74, 6) is -1.12. The monoisotopic (exact) mass is 419 g/mol. The summed E-state index contributed by atoms with van der Waals surface area (Å²) < 4.78 is 15.7. The van der Waals surface area contributed by atoms with Gasteiger partial charge < -0.3 is 19.5 Å². The van der Waals surface area contributed by atoms with Crippen LogP contribution in [0.3, 0.4) is 0 Å². The molecule has 29 heavy (non-hydrogen) atoms. The Kier molecular flexibility index (Phi) is 8.67. The summed E-state index contributed by atoms with van der Waals surface area (Å²) in [7, 11) is 0. The Morgan fingerprint density at radius 2 is 1.79 bits per heavy atom. The number of rotatable bonds is 10. The number of esters is 2. The van der Waals surface area contributed by atoms with Crippen LogP contribution < -0.4 is 10.1 Å². The SMILES string of the molecule is CCOC(=O)c1cc(CC)sc1NC(=O)COC(=O)[C@H](CC)Oc1ccccc1. The molecule has 1 atom stereocenters. The zero-order valence-electron chi connectivity index (χ0n) is 16.7. The first-order valence-electron chi connectivity index (χ1n) is 9.46. The van der Waals surface area contributed by atoms with Gasteiger partial charge in [-0.2, -0.15) is 0 Å². The molecule has 2 rings (SSSR count). The Morgan fingerprint density at radius 1 is 1.07 bits per heavy atom. The van der Waals surface area contributed by atoms with Crippen LogP contribution in [0.1, 0.15) is 42.4 Å². The normalized spacial score (nSPS) is 11.4. The van der Waals surface area contributed by atoms with E-state index in [-0.39, 0.29) is 6.61 Å². The quantitative estimate of drug-likeness (QED) is 0.589. The lowest BCUT2D eigenvalue weighted by Crippen LogP contribution is -2.31. The van der Waals surface area contributed by atoms with E-state index in [0.29, 0.717) is 22.7 Å². The van der Waals surface area contributed by atoms with Crippen molar-refractivity contribution in [1.82, 2.24) is 0 Å². The van der Waals surface area contributed by atoms with Gasteiger partial charge in [0.25, 0.3) is 5.91 Å². The molecule has 156 valence electrons. The molecule has 2 aromatic rings. The molecular formula is C21H25NO6S. The zero-order valence-corrected chi connectivity index (χ0v) is 17.5. The van der Waals surface area contributed by atoms with E-state index in [1.165, 1.54) is 11.3 Å². The van der Waals surface area contributed by atoms with Crippen molar-refractivity contribution < 1.29 is 28.6 Å². The van der Waals surface area contributed by atoms with Crippen molar-refractivity contribution >= 4 is 34.2 Å². The van der Waals surface area contributed by atoms with Gasteiger partial charge in [0, 0.05) is 4.88 Å². The van der Waals surface area contributed by atoms with Crippen LogP contribution in [-0.4, -0.2) is 37.2 Å². The molecule has 8 heteroatoms. The number of amides is 1. The van der Waals surface area contributed by atoms with E-state index < -0.39 is 30.6 Å². The Bertz CT molecular complexity index is 833. The van der Waals surface area contributed by atoms with Crippen LogP contribution in [0.5, 0.6) is 5.75 Å². The van der Waals surface area contributed by atoms with Crippen molar-refractivity contribution in [2.24, 2.45) is 0 Å². The predicted molar refractivity (Wildman–Crippen MR) is 110 cm³/mol. The topological polar surface area (TPSA) is 90.9 Å². The van der Waals surface area contributed by atoms with Crippen molar-refractivity contribution in [2.45, 2.75) is 39.7 Å². The minimum atomic E-state index is -0.811. The maximum atomic E-state index is 12.2. The number of thiophene rings is 1. The summed E-state index contributed by atoms with van der Waals surface area (Å²) in [4.78, 5) is 37.5. The van der Waals surface area contributed by atoms with Crippen LogP contribution >= 0.6 is 11.3 Å². The molecule has 7 nitrogen and oxygen atoms in total. The Morgan fingerprint density at radius 3 is 2.41 bits per heavy atom. The predicted octanol–water partition coefficient (Wildman–Crippen LogP) is 3.83. The van der Waals surface area contributed by atoms with E-state index in [4.69, 9.17) is 14.2 Å². The van der Waals surface area contributed by atoms with Gasteiger partial charge in [0.05, 0.1) is 12.2 Å². The third-order valence-electron chi connectivity index (χ3n) is 3.88. The number of para-hydroxylation sites is 1. The van der Waals surface area contributed by atoms with Crippen LogP contribution in [0.25, 0.3) is 0 Å². The second-order valence-corrected chi connectivity index (χ2v) is 7.15. The van der Waals surface area contributed by atoms with E-state index in [2.05, 4.69) is 5.32 Å². The Labute approximate surface area is 174 Å². The molecule has 0 aliphatic heterocycles. The van der Waals surface area contributed by atoms with E-state index in [0.717, 1.165) is 11.3 Å². The van der Waals surface area contributed by atoms with Crippen molar-refractivity contribution in [1.29, 1.82) is 0 Å². The molecule has 0 unspecified atom stereocenters. The average Bonchev–Trinajstić information content (AvgIpc) is 3.14. The van der Waals surface area contributed by atoms with Gasteiger partial charge in [-0.1, -0.05) is 32.0 Å². The number of anilines is 1. The molecule has 0 aliphatic rings. The highest BCUT2D eigenvalue weighted by Crippen LogP contribution is 2.29. The van der Waals surface area contributed by atoms with Crippen LogP contribution in [0.4, 0.5) is 5.00 Å². The van der Waals surface area contributed by atoms with Gasteiger partial charge >= 0.3 is 11.9 Å². The number of hydrogen-bond donors (Lipinski definition) is 1. The average molecular weight is 419 g/mol. The molecule has 0 saturated heterocycles. The third kappa shape index (κ3) is 6.60. The maximum Gasteiger partial charge on any atom is 0.347 e. The highest BCUT2D eigenvalue weighted by molar-refractivity contribution is 7.16. The van der Waals surface area contributed by atoms with E-state index in [1.54, 1.807) is 44.2 Å². The number of ether oxygens (including phenoxy) is 3. The molecule has 1 aromatic heterocycles. The molecule has 0 aliphatic carbocycles. The van der Waals surface area contributed by atoms with Gasteiger partial charge in [-0.15, -0.1) is 11.3 Å². The summed E-state index contributed by atoms with van der Waals surface area (Å²) in [5.41, 5.74) is 0.298. The minimum absolute atomic E-state index is 0.237. The standard InChI is InChI=1S/C21H25NO6S/c1-4-15-12-16(20(24)26-6-3)19(29-15)22-18(23)13-27-21(25)17(5-2)28-14-10-8-7-9-11-14/h7-12,17H,4-6,13H2,1-3H3,(H,22,23)/t17-/m0/s1. The fraction of sp³-hybridized carbons (Fsp3) is 0.381. The van der Waals surface area contributed by atoms with E-state index in [9.17, 15) is 14.4 Å². The van der Waals surface area contributed by atoms with Crippen LogP contribution in [-0.2, 0) is 25.5 Å². The second kappa shape index (κ2) is 11.2. The summed E-state index contributed by atoms with van der Waals surface area (Å²) in [6, 6.07) is 10.6. The van der Waals surface area contributed by atoms with Crippen molar-refractivity contribution in [3.05, 3.63) is 46.8 Å². The highest BCUT2D eigenvalue weighted by Gasteiger charge is 2.23. The molecule has 1 aromatic carbocycles. The Balaban J connectivity index is 1.94. The maximum absolute atomic E-state index is 12.2. The van der Waals surface area contributed by atoms with Gasteiger partial charge in [0.15, 0.2) is 12.7 Å². The zero-order chi connectivity index (χ0) is 21.2. The third-order valence-corrected chi connectivity index (χ3v) is 5.08. The molecule has 0 bridgehead atoms. The molecule has 0 saturated carbocycles. The van der Waals surface area contributed by atoms with Gasteiger partial charge in [0.2, 0.25) is 0 Å². The van der Waals surface area contributed by atoms with Gasteiger partial charge in [-0.25, -0.2) is 9.59 Å². The fourth-order valence-electron chi connectivity index (χ4n) is 2.42. The smallest absolute Gasteiger partial charge is 0.347 e. The number of hydrogen-bond acceptors (Lipinski definition) is 7. The number of carbonyl (C=O) groups excluding carboxylic acids is 3. The van der Waals surface area contributed by atoms with Crippen LogP contribution in [0, 0.1) is 0 Å². The minimum Gasteiger partial charge on any atom is -0.479 e. The van der Waals surface area contributed by atoms with Crippen LogP contribution in [0.15, 0.2) is 36.4 Å². The summed E-state index contributed by atoms with van der Waals surface area (Å²) in [6.07, 6.45) is 0.304. The van der Waals surface area contributed by atoms with Gasteiger partial charge in [-0.05, 0) is 38.0 Å². The molecule has 0 fully saturated rings. The first-order chi connectivity index (χ1) is 14.0. The molecule has 1 N–H and O–H groups in total. The fourth-order valence-corrected chi connectivity index (χ4v) is 3.42. The lowest BCUT2D eigenvalue weighted by Gasteiger charge is -2.16. The van der Waals surface area contributed by atoms with Crippen LogP contribution in [0.2, 0.25) is 0 Å². The molecular weight excluding hydrogens is 394 g/mol. The number of carbonyl (C=O) groups is 3. The summed E-state index contributed by atoms with van der Waals surface area (Å²) in [6.45, 7) is 5.21. The summed E-state index contributed by atoms with van der Waals surface area (Å²) >= 11 is 1.29. The Hall–Kier alpha value is -2.87. The summed E-state index contributed by atoms with van der Waals surface area (Å²) in [5, 5.41) is 3.01. The first kappa shape index (κ1) is 22.4. The van der Waals surface area contributed by atoms with E-state index >= 15 is 0 Å². The van der Waals surface area contributed by atoms with Crippen molar-refractivity contribution in [2.75, 3.05) is 18.5 Å². The van der Waals surface area contributed by atoms with Crippen molar-refractivity contribution in [3.8, 4) is 5.75 Å². The first-order valence-corrected chi connectivity index (χ1v) is 10.3. The van der Waals surface area contributed by atoms with Crippen molar-refractivity contribution in [3.63, 3.8) is 0 Å². The van der Waals surface area contributed by atoms with Gasteiger partial charge in [0.1, 0.15) is 10.8 Å².